The number of nitrogens with two attached hydrogens (primary N) is 1. The molecule has 0 atom stereocenters. The van der Waals surface area contributed by atoms with Crippen LogP contribution in [0.5, 0.6) is 5.75 Å². The second kappa shape index (κ2) is 7.90. The maximum absolute atomic E-state index is 12.7. The van der Waals surface area contributed by atoms with Crippen LogP contribution in [0.15, 0.2) is 67.0 Å². The summed E-state index contributed by atoms with van der Waals surface area (Å²) < 4.78 is 42.0. The third kappa shape index (κ3) is 4.53. The van der Waals surface area contributed by atoms with E-state index in [2.05, 4.69) is 25.0 Å². The summed E-state index contributed by atoms with van der Waals surface area (Å²) in [5.41, 5.74) is 6.82. The van der Waals surface area contributed by atoms with Crippen molar-refractivity contribution in [3.63, 3.8) is 0 Å². The highest BCUT2D eigenvalue weighted by atomic mass is 19.4. The van der Waals surface area contributed by atoms with Gasteiger partial charge < -0.3 is 15.8 Å². The molecule has 0 spiro atoms. The number of halogens is 3. The van der Waals surface area contributed by atoms with E-state index in [4.69, 9.17) is 5.73 Å². The monoisotopic (exact) mass is 425 g/mol. The first-order valence-corrected chi connectivity index (χ1v) is 8.94. The highest BCUT2D eigenvalue weighted by Crippen LogP contribution is 2.32. The lowest BCUT2D eigenvalue weighted by Crippen LogP contribution is -2.17. The molecule has 156 valence electrons. The number of rotatable bonds is 5. The number of aromatic nitrogens is 3. The van der Waals surface area contributed by atoms with Gasteiger partial charge in [0.25, 0.3) is 5.91 Å². The van der Waals surface area contributed by atoms with Crippen LogP contribution in [0.4, 0.5) is 24.7 Å². The number of nitrogens with one attached hydrogen (secondary N) is 1. The van der Waals surface area contributed by atoms with Gasteiger partial charge in [-0.15, -0.1) is 13.2 Å². The van der Waals surface area contributed by atoms with Crippen LogP contribution in [-0.2, 0) is 0 Å². The standard InChI is InChI=1S/C21H14F3N5O2/c22-21(23,24)31-13-7-8-15-17(10-13)28-19(12-4-3-9-26-11-12)29-20(15)27-16-6-2-1-5-14(16)18(25)30/h1-11H,(H2,25,30)(H,27,28,29). The second-order valence-electron chi connectivity index (χ2n) is 6.40. The molecule has 2 heterocycles. The maximum atomic E-state index is 12.7. The van der Waals surface area contributed by atoms with Crippen molar-refractivity contribution in [2.45, 2.75) is 6.36 Å². The van der Waals surface area contributed by atoms with Crippen molar-refractivity contribution in [2.24, 2.45) is 5.73 Å². The first kappa shape index (κ1) is 20.1. The molecule has 0 aliphatic heterocycles. The molecule has 1 amide bonds. The van der Waals surface area contributed by atoms with E-state index in [0.717, 1.165) is 12.1 Å². The maximum Gasteiger partial charge on any atom is 0.573 e. The summed E-state index contributed by atoms with van der Waals surface area (Å²) >= 11 is 0. The number of anilines is 2. The van der Waals surface area contributed by atoms with E-state index in [0.29, 0.717) is 16.6 Å². The van der Waals surface area contributed by atoms with E-state index in [1.807, 2.05) is 0 Å². The van der Waals surface area contributed by atoms with Gasteiger partial charge in [0.05, 0.1) is 16.8 Å². The van der Waals surface area contributed by atoms with Crippen LogP contribution in [0, 0.1) is 0 Å². The number of para-hydroxylation sites is 1. The van der Waals surface area contributed by atoms with Crippen molar-refractivity contribution in [2.75, 3.05) is 5.32 Å². The molecule has 4 rings (SSSR count). The summed E-state index contributed by atoms with van der Waals surface area (Å²) in [7, 11) is 0. The molecule has 2 aromatic heterocycles. The summed E-state index contributed by atoms with van der Waals surface area (Å²) in [4.78, 5) is 24.6. The van der Waals surface area contributed by atoms with E-state index in [1.54, 1.807) is 42.6 Å². The SMILES string of the molecule is NC(=O)c1ccccc1Nc1nc(-c2cccnc2)nc2cc(OC(F)(F)F)ccc12. The van der Waals surface area contributed by atoms with E-state index in [-0.39, 0.29) is 22.7 Å². The zero-order valence-electron chi connectivity index (χ0n) is 15.7. The Morgan fingerprint density at radius 3 is 2.55 bits per heavy atom. The molecular formula is C21H14F3N5O2. The Bertz CT molecular complexity index is 1260. The Morgan fingerprint density at radius 2 is 1.84 bits per heavy atom. The molecule has 2 aromatic carbocycles. The molecule has 0 saturated carbocycles. The van der Waals surface area contributed by atoms with Gasteiger partial charge in [-0.3, -0.25) is 9.78 Å². The minimum absolute atomic E-state index is 0.203. The van der Waals surface area contributed by atoms with Gasteiger partial charge in [-0.05, 0) is 36.4 Å². The van der Waals surface area contributed by atoms with Crippen molar-refractivity contribution in [3.8, 4) is 17.1 Å². The van der Waals surface area contributed by atoms with Crippen molar-refractivity contribution < 1.29 is 22.7 Å². The van der Waals surface area contributed by atoms with Crippen molar-refractivity contribution in [3.05, 3.63) is 72.6 Å². The Morgan fingerprint density at radius 1 is 1.03 bits per heavy atom. The molecule has 0 aliphatic carbocycles. The number of hydrogen-bond donors (Lipinski definition) is 2. The topological polar surface area (TPSA) is 103 Å². The Kier molecular flexibility index (Phi) is 5.12. The largest absolute Gasteiger partial charge is 0.573 e. The average molecular weight is 425 g/mol. The number of nitrogens with zero attached hydrogens (tertiary/aromatic N) is 3. The van der Waals surface area contributed by atoms with E-state index in [1.165, 1.54) is 12.3 Å². The number of carbonyl (C=O) groups excluding carboxylic acids is 1. The lowest BCUT2D eigenvalue weighted by molar-refractivity contribution is -0.274. The molecule has 31 heavy (non-hydrogen) atoms. The molecule has 0 aliphatic rings. The van der Waals surface area contributed by atoms with Gasteiger partial charge in [-0.1, -0.05) is 12.1 Å². The van der Waals surface area contributed by atoms with Crippen LogP contribution in [-0.4, -0.2) is 27.2 Å². The summed E-state index contributed by atoms with van der Waals surface area (Å²) in [6.07, 6.45) is -1.74. The minimum atomic E-state index is -4.84. The second-order valence-corrected chi connectivity index (χ2v) is 6.40. The quantitative estimate of drug-likeness (QED) is 0.490. The predicted molar refractivity (Wildman–Crippen MR) is 108 cm³/mol. The summed E-state index contributed by atoms with van der Waals surface area (Å²) in [5, 5.41) is 3.46. The molecule has 0 unspecified atom stereocenters. The third-order valence-electron chi connectivity index (χ3n) is 4.27. The zero-order valence-corrected chi connectivity index (χ0v) is 15.7. The molecular weight excluding hydrogens is 411 g/mol. The first-order chi connectivity index (χ1) is 14.8. The zero-order chi connectivity index (χ0) is 22.0. The van der Waals surface area contributed by atoms with Gasteiger partial charge in [-0.2, -0.15) is 0 Å². The molecule has 7 nitrogen and oxygen atoms in total. The minimum Gasteiger partial charge on any atom is -0.406 e. The Labute approximate surface area is 173 Å². The van der Waals surface area contributed by atoms with Gasteiger partial charge in [0, 0.05) is 29.4 Å². The molecule has 0 radical (unpaired) electrons. The van der Waals surface area contributed by atoms with Gasteiger partial charge in [0.1, 0.15) is 11.6 Å². The molecule has 0 bridgehead atoms. The number of fused-ring (bicyclic) bond motifs is 1. The van der Waals surface area contributed by atoms with Crippen LogP contribution in [0.25, 0.3) is 22.3 Å². The third-order valence-corrected chi connectivity index (χ3v) is 4.27. The number of ether oxygens (including phenoxy) is 1. The van der Waals surface area contributed by atoms with E-state index >= 15 is 0 Å². The molecule has 3 N–H and O–H groups in total. The van der Waals surface area contributed by atoms with E-state index < -0.39 is 18.0 Å². The lowest BCUT2D eigenvalue weighted by Gasteiger charge is -2.14. The number of alkyl halides is 3. The fourth-order valence-electron chi connectivity index (χ4n) is 2.96. The fraction of sp³-hybridized carbons (Fsp3) is 0.0476. The van der Waals surface area contributed by atoms with Crippen LogP contribution < -0.4 is 15.8 Å². The van der Waals surface area contributed by atoms with E-state index in [9.17, 15) is 18.0 Å². The van der Waals surface area contributed by atoms with Gasteiger partial charge in [0.15, 0.2) is 5.82 Å². The smallest absolute Gasteiger partial charge is 0.406 e. The van der Waals surface area contributed by atoms with Crippen molar-refractivity contribution in [1.82, 2.24) is 15.0 Å². The number of primary amides is 1. The number of pyridine rings is 1. The average Bonchev–Trinajstić information content (AvgIpc) is 2.73. The fourth-order valence-corrected chi connectivity index (χ4v) is 2.96. The highest BCUT2D eigenvalue weighted by Gasteiger charge is 2.31. The van der Waals surface area contributed by atoms with Crippen LogP contribution >= 0.6 is 0 Å². The lowest BCUT2D eigenvalue weighted by atomic mass is 10.1. The Hall–Kier alpha value is -4.21. The molecule has 0 fully saturated rings. The summed E-state index contributed by atoms with van der Waals surface area (Å²) in [5.74, 6) is -0.561. The Balaban J connectivity index is 1.87. The highest BCUT2D eigenvalue weighted by molar-refractivity contribution is 6.01. The molecule has 4 aromatic rings. The van der Waals surface area contributed by atoms with Crippen molar-refractivity contribution in [1.29, 1.82) is 0 Å². The van der Waals surface area contributed by atoms with Gasteiger partial charge in [-0.25, -0.2) is 9.97 Å². The predicted octanol–water partition coefficient (Wildman–Crippen LogP) is 4.43. The van der Waals surface area contributed by atoms with Crippen LogP contribution in [0.2, 0.25) is 0 Å². The van der Waals surface area contributed by atoms with Gasteiger partial charge in [0.2, 0.25) is 0 Å². The van der Waals surface area contributed by atoms with Crippen LogP contribution in [0.3, 0.4) is 0 Å². The van der Waals surface area contributed by atoms with Gasteiger partial charge >= 0.3 is 6.36 Å². The molecule has 10 heteroatoms. The number of carbonyl (C=O) groups is 1. The van der Waals surface area contributed by atoms with Crippen molar-refractivity contribution >= 4 is 28.3 Å². The molecule has 0 saturated heterocycles. The number of benzene rings is 2. The summed E-state index contributed by atoms with van der Waals surface area (Å²) in [6, 6.07) is 13.7. The first-order valence-electron chi connectivity index (χ1n) is 8.94. The number of hydrogen-bond acceptors (Lipinski definition) is 6. The van der Waals surface area contributed by atoms with Crippen LogP contribution in [0.1, 0.15) is 10.4 Å². The normalized spacial score (nSPS) is 11.3. The number of amides is 1. The summed E-state index contributed by atoms with van der Waals surface area (Å²) in [6.45, 7) is 0.